The number of halogens is 4. The molecule has 16 rings (SSSR count). The fourth-order valence-corrected chi connectivity index (χ4v) is 13.7. The predicted octanol–water partition coefficient (Wildman–Crippen LogP) is 18.9. The number of amides is 2. The molecule has 1 N–H and O–H groups in total. The Kier molecular flexibility index (Phi) is 25.2. The van der Waals surface area contributed by atoms with Gasteiger partial charge in [-0.15, -0.1) is 0 Å². The second-order valence-corrected chi connectivity index (χ2v) is 26.5. The molecule has 0 saturated carbocycles. The van der Waals surface area contributed by atoms with Crippen LogP contribution < -0.4 is 33.7 Å². The summed E-state index contributed by atoms with van der Waals surface area (Å²) in [5.41, 5.74) is 8.56. The number of likely N-dealkylation sites (tertiary alicyclic amines) is 2. The average molecular weight is 1530 g/mol. The maximum atomic E-state index is 14.6. The molecule has 572 valence electrons. The third-order valence-electron chi connectivity index (χ3n) is 19.2. The van der Waals surface area contributed by atoms with Gasteiger partial charge in [0.25, 0.3) is 0 Å². The Morgan fingerprint density at radius 3 is 1.25 bits per heavy atom. The highest BCUT2D eigenvalue weighted by atomic mass is 35.5. The van der Waals surface area contributed by atoms with Gasteiger partial charge in [-0.1, -0.05) is 68.1 Å². The van der Waals surface area contributed by atoms with Crippen molar-refractivity contribution in [3.05, 3.63) is 279 Å². The van der Waals surface area contributed by atoms with Gasteiger partial charge in [0, 0.05) is 67.0 Å². The molecule has 26 heteroatoms. The molecule has 6 aromatic heterocycles. The third-order valence-corrected chi connectivity index (χ3v) is 19.4. The van der Waals surface area contributed by atoms with E-state index in [-0.39, 0.29) is 71.2 Å². The molecule has 0 aliphatic carbocycles. The summed E-state index contributed by atoms with van der Waals surface area (Å²) in [6, 6.07) is 45.9. The van der Waals surface area contributed by atoms with Crippen LogP contribution in [0, 0.1) is 17.5 Å². The van der Waals surface area contributed by atoms with Crippen molar-refractivity contribution < 1.29 is 60.7 Å². The van der Waals surface area contributed by atoms with Crippen molar-refractivity contribution >= 4 is 45.4 Å². The Hall–Kier alpha value is -12.9. The van der Waals surface area contributed by atoms with Gasteiger partial charge in [-0.25, -0.2) is 19.7 Å². The molecule has 13 aromatic rings. The zero-order valence-electron chi connectivity index (χ0n) is 61.7. The Balaban J connectivity index is 0.000000144. The Morgan fingerprint density at radius 1 is 0.473 bits per heavy atom. The standard InChI is InChI=1S/C32H29FN4O4.C27H25FN4O3.C24H23FN4O2.C3H3ClO/c1-39-27-11-7-12-28(29(27)33)41-24-15-13-23(14-16-24)30-26-20-34-17-19-36(26)31(35-30)25-10-5-6-18-37(25)32(38)40-21-22-8-3-2-4-9-22;1-3-24(33)31-15-5-4-7-20(31)27-30-26(21-17-29-14-16-32(21)27)18-10-12-19(13-11-18)35-23-9-6-8-22(34-2)25(23)28;1-30-20-6-4-7-21(22(20)25)31-17-10-8-16(9-11-17)23-19-15-26-13-14-29(19)24(28-23)18-5-2-3-12-27-18;1-2-3(4)5/h2-4,7-9,11-17,19-20,25H,5-6,10,18,21H2,1H3;3,6,8-14,16-17,20H,1,4-5,7,15H2,2H3;4,6-11,13-15,18,27H,2-3,5,12H2,1H3;2H,1H2/t25-;20-;18-;/m000./s1. The van der Waals surface area contributed by atoms with Crippen LogP contribution in [-0.2, 0) is 20.9 Å². The summed E-state index contributed by atoms with van der Waals surface area (Å²) in [5, 5.41) is 3.06. The molecular formula is C86H80ClF3N12O10. The first-order chi connectivity index (χ1) is 54.7. The van der Waals surface area contributed by atoms with E-state index in [2.05, 4.69) is 37.8 Å². The van der Waals surface area contributed by atoms with Gasteiger partial charge in [-0.3, -0.25) is 42.6 Å². The molecule has 3 aliphatic rings. The number of allylic oxidation sites excluding steroid dienone is 1. The van der Waals surface area contributed by atoms with Gasteiger partial charge in [0.15, 0.2) is 34.5 Å². The monoisotopic (exact) mass is 1530 g/mol. The maximum absolute atomic E-state index is 14.6. The van der Waals surface area contributed by atoms with Crippen molar-refractivity contribution in [2.24, 2.45) is 0 Å². The smallest absolute Gasteiger partial charge is 0.410 e. The fraction of sp³-hybridized carbons (Fsp3) is 0.221. The number of benzene rings is 7. The molecule has 0 unspecified atom stereocenters. The van der Waals surface area contributed by atoms with E-state index in [9.17, 15) is 27.6 Å². The lowest BCUT2D eigenvalue weighted by Crippen LogP contribution is -2.39. The molecule has 0 radical (unpaired) electrons. The number of rotatable bonds is 19. The van der Waals surface area contributed by atoms with Crippen molar-refractivity contribution in [3.63, 3.8) is 0 Å². The van der Waals surface area contributed by atoms with Gasteiger partial charge >= 0.3 is 6.09 Å². The highest BCUT2D eigenvalue weighted by Crippen LogP contribution is 2.41. The Morgan fingerprint density at radius 2 is 0.857 bits per heavy atom. The van der Waals surface area contributed by atoms with Gasteiger partial charge in [0.05, 0.1) is 91.7 Å². The molecule has 2 amide bonds. The molecule has 3 fully saturated rings. The lowest BCUT2D eigenvalue weighted by molar-refractivity contribution is -0.130. The summed E-state index contributed by atoms with van der Waals surface area (Å²) in [4.78, 5) is 66.8. The van der Waals surface area contributed by atoms with Crippen LogP contribution in [0.25, 0.3) is 50.3 Å². The van der Waals surface area contributed by atoms with Crippen molar-refractivity contribution in [2.75, 3.05) is 41.0 Å². The normalized spacial score (nSPS) is 15.3. The molecule has 3 saturated heterocycles. The molecule has 3 atom stereocenters. The lowest BCUT2D eigenvalue weighted by Gasteiger charge is -2.34. The van der Waals surface area contributed by atoms with Crippen molar-refractivity contribution in [2.45, 2.75) is 82.5 Å². The molecule has 0 spiro atoms. The van der Waals surface area contributed by atoms with E-state index in [4.69, 9.17) is 59.7 Å². The molecule has 9 heterocycles. The molecule has 7 aromatic carbocycles. The van der Waals surface area contributed by atoms with E-state index >= 15 is 0 Å². The zero-order valence-corrected chi connectivity index (χ0v) is 62.5. The van der Waals surface area contributed by atoms with Crippen LogP contribution in [0.2, 0.25) is 0 Å². The summed E-state index contributed by atoms with van der Waals surface area (Å²) < 4.78 is 87.5. The van der Waals surface area contributed by atoms with Gasteiger partial charge in [-0.2, -0.15) is 13.2 Å². The number of carbonyl (C=O) groups is 3. The first-order valence-electron chi connectivity index (χ1n) is 36.5. The minimum absolute atomic E-state index is 0.0765. The van der Waals surface area contributed by atoms with Crippen LogP contribution in [0.4, 0.5) is 18.0 Å². The SMILES string of the molecule is C=CC(=O)Cl.C=CC(=O)N1CCCC[C@H]1c1nc(-c2ccc(Oc3cccc(OC)c3F)cc2)c2cnccn12.COc1cccc(Oc2ccc(-c3nc([C@@H]4CCCCN4)n4ccncc34)cc2)c1F.COc1cccc(Oc2ccc(-c3nc([C@@H]4CCCCN4C(=O)OCc4ccccc4)n4ccncc34)cc2)c1F. The van der Waals surface area contributed by atoms with E-state index in [1.807, 2.05) is 117 Å². The number of hydrogen-bond acceptors (Lipinski definition) is 17. The minimum atomic E-state index is -0.561. The molecule has 112 heavy (non-hydrogen) atoms. The number of nitrogens with one attached hydrogen (secondary N) is 1. The molecule has 0 bridgehead atoms. The van der Waals surface area contributed by atoms with Crippen LogP contribution in [0.5, 0.6) is 51.7 Å². The van der Waals surface area contributed by atoms with E-state index in [1.54, 1.807) is 103 Å². The van der Waals surface area contributed by atoms with Crippen molar-refractivity contribution in [3.8, 4) is 85.5 Å². The number of imidazole rings is 3. The third kappa shape index (κ3) is 17.7. The fourth-order valence-electron chi connectivity index (χ4n) is 13.7. The number of fused-ring (bicyclic) bond motifs is 3. The number of aromatic nitrogens is 9. The maximum Gasteiger partial charge on any atom is 0.410 e. The number of hydrogen-bond donors (Lipinski definition) is 1. The first-order valence-corrected chi connectivity index (χ1v) is 36.9. The minimum Gasteiger partial charge on any atom is -0.494 e. The predicted molar refractivity (Wildman–Crippen MR) is 418 cm³/mol. The van der Waals surface area contributed by atoms with E-state index in [0.717, 1.165) is 131 Å². The molecule has 3 aliphatic heterocycles. The average Bonchev–Trinajstić information content (AvgIpc) is 1.62. The Labute approximate surface area is 649 Å². The van der Waals surface area contributed by atoms with Crippen molar-refractivity contribution in [1.29, 1.82) is 0 Å². The van der Waals surface area contributed by atoms with Crippen LogP contribution >= 0.6 is 11.6 Å². The van der Waals surface area contributed by atoms with E-state index in [1.165, 1.54) is 52.4 Å². The number of nitrogens with zero attached hydrogens (tertiary/aromatic N) is 11. The quantitative estimate of drug-likeness (QED) is 0.0587. The summed E-state index contributed by atoms with van der Waals surface area (Å²) in [6.07, 6.45) is 27.3. The molecular weight excluding hydrogens is 1450 g/mol. The van der Waals surface area contributed by atoms with Crippen LogP contribution in [0.3, 0.4) is 0 Å². The number of piperidine rings is 3. The second kappa shape index (κ2) is 36.6. The lowest BCUT2D eigenvalue weighted by atomic mass is 10.0. The largest absolute Gasteiger partial charge is 0.494 e. The summed E-state index contributed by atoms with van der Waals surface area (Å²) >= 11 is 4.71. The van der Waals surface area contributed by atoms with Crippen LogP contribution in [0.1, 0.15) is 98.9 Å². The number of methoxy groups -OCH3 is 3. The summed E-state index contributed by atoms with van der Waals surface area (Å²) in [5.74, 6) is 2.99. The highest BCUT2D eigenvalue weighted by molar-refractivity contribution is 6.66. The zero-order chi connectivity index (χ0) is 78.0. The van der Waals surface area contributed by atoms with Gasteiger partial charge in [-0.05, 0) is 196 Å². The second-order valence-electron chi connectivity index (χ2n) is 26.2. The van der Waals surface area contributed by atoms with Gasteiger partial charge < -0.3 is 43.4 Å². The summed E-state index contributed by atoms with van der Waals surface area (Å²) in [6.45, 7) is 9.24. The number of carbonyl (C=O) groups excluding carboxylic acids is 3. The summed E-state index contributed by atoms with van der Waals surface area (Å²) in [7, 11) is 4.25. The topological polar surface area (TPSA) is 225 Å². The Bertz CT molecular complexity index is 5450. The van der Waals surface area contributed by atoms with E-state index < -0.39 is 22.7 Å². The van der Waals surface area contributed by atoms with Gasteiger partial charge in [0.1, 0.15) is 41.3 Å². The molecule has 22 nitrogen and oxygen atoms in total. The van der Waals surface area contributed by atoms with Gasteiger partial charge in [0.2, 0.25) is 28.6 Å². The first kappa shape index (κ1) is 77.3. The number of ether oxygens (including phenoxy) is 7. The van der Waals surface area contributed by atoms with Crippen LogP contribution in [-0.4, -0.2) is 111 Å². The van der Waals surface area contributed by atoms with Crippen LogP contribution in [0.15, 0.2) is 239 Å². The van der Waals surface area contributed by atoms with E-state index in [0.29, 0.717) is 30.3 Å². The van der Waals surface area contributed by atoms with Crippen molar-refractivity contribution in [1.82, 2.24) is 58.2 Å². The highest BCUT2D eigenvalue weighted by Gasteiger charge is 2.35.